The van der Waals surface area contributed by atoms with Crippen LogP contribution in [0, 0.1) is 0 Å². The lowest BCUT2D eigenvalue weighted by molar-refractivity contribution is -0.114. The van der Waals surface area contributed by atoms with Crippen LogP contribution in [-0.4, -0.2) is 46.9 Å². The van der Waals surface area contributed by atoms with E-state index in [1.54, 1.807) is 13.3 Å². The van der Waals surface area contributed by atoms with Crippen LogP contribution in [0.3, 0.4) is 0 Å². The molecule has 1 N–H and O–H groups in total. The molecule has 25 heavy (non-hydrogen) atoms. The number of nitrogens with one attached hydrogen (secondary N) is 1. The van der Waals surface area contributed by atoms with Crippen molar-refractivity contribution in [3.05, 3.63) is 47.2 Å². The molecule has 0 bridgehead atoms. The van der Waals surface area contributed by atoms with Gasteiger partial charge in [0, 0.05) is 44.4 Å². The predicted molar refractivity (Wildman–Crippen MR) is 97.7 cm³/mol. The number of hydrogen-bond acceptors (Lipinski definition) is 4. The maximum absolute atomic E-state index is 11.2. The minimum absolute atomic E-state index is 0.0918. The number of amides is 1. The van der Waals surface area contributed by atoms with Crippen molar-refractivity contribution < 1.29 is 9.53 Å². The lowest BCUT2D eigenvalue weighted by Crippen LogP contribution is -2.32. The van der Waals surface area contributed by atoms with Gasteiger partial charge in [0.15, 0.2) is 0 Å². The average molecular weight is 363 g/mol. The first-order chi connectivity index (χ1) is 12.0. The first-order valence-corrected chi connectivity index (χ1v) is 8.72. The number of aromatic nitrogens is 2. The van der Waals surface area contributed by atoms with Crippen molar-refractivity contribution in [3.8, 4) is 0 Å². The van der Waals surface area contributed by atoms with Gasteiger partial charge >= 0.3 is 0 Å². The van der Waals surface area contributed by atoms with Crippen LogP contribution in [0.2, 0.25) is 5.02 Å². The van der Waals surface area contributed by atoms with Gasteiger partial charge in [0.05, 0.1) is 24.5 Å². The fourth-order valence-electron chi connectivity index (χ4n) is 3.38. The Bertz CT molecular complexity index is 733. The number of methoxy groups -OCH3 is 1. The minimum Gasteiger partial charge on any atom is -0.383 e. The Morgan fingerprint density at radius 2 is 2.32 bits per heavy atom. The van der Waals surface area contributed by atoms with E-state index in [9.17, 15) is 4.79 Å². The van der Waals surface area contributed by atoms with Crippen LogP contribution in [-0.2, 0) is 16.1 Å². The number of carbonyl (C=O) groups excluding carboxylic acids is 1. The molecule has 7 heteroatoms. The smallest absolute Gasteiger partial charge is 0.221 e. The molecule has 0 aliphatic carbocycles. The van der Waals surface area contributed by atoms with Crippen molar-refractivity contribution in [1.29, 1.82) is 0 Å². The summed E-state index contributed by atoms with van der Waals surface area (Å²) in [5.74, 6) is -0.0918. The van der Waals surface area contributed by atoms with Gasteiger partial charge < -0.3 is 10.1 Å². The SMILES string of the molecule is COC[C@@H]1C[C@H](n2cc(NC(C)=O)cn2)CN1Cc1cccc(Cl)c1. The van der Waals surface area contributed by atoms with E-state index in [1.807, 2.05) is 29.1 Å². The van der Waals surface area contributed by atoms with E-state index in [0.29, 0.717) is 12.6 Å². The molecule has 2 heterocycles. The van der Waals surface area contributed by atoms with Crippen molar-refractivity contribution in [1.82, 2.24) is 14.7 Å². The zero-order valence-electron chi connectivity index (χ0n) is 14.5. The maximum atomic E-state index is 11.2. The van der Waals surface area contributed by atoms with E-state index in [0.717, 1.165) is 30.2 Å². The average Bonchev–Trinajstić information content (AvgIpc) is 3.15. The fourth-order valence-corrected chi connectivity index (χ4v) is 3.60. The molecule has 1 aliphatic heterocycles. The van der Waals surface area contributed by atoms with Crippen molar-refractivity contribution in [2.45, 2.75) is 32.0 Å². The van der Waals surface area contributed by atoms with Gasteiger partial charge in [-0.05, 0) is 24.1 Å². The van der Waals surface area contributed by atoms with Gasteiger partial charge in [-0.3, -0.25) is 14.4 Å². The van der Waals surface area contributed by atoms with E-state index in [4.69, 9.17) is 16.3 Å². The molecular weight excluding hydrogens is 340 g/mol. The lowest BCUT2D eigenvalue weighted by Gasteiger charge is -2.23. The van der Waals surface area contributed by atoms with Gasteiger partial charge in [0.25, 0.3) is 0 Å². The minimum atomic E-state index is -0.0918. The molecule has 2 aromatic rings. The second kappa shape index (κ2) is 7.99. The molecule has 2 atom stereocenters. The van der Waals surface area contributed by atoms with E-state index >= 15 is 0 Å². The third kappa shape index (κ3) is 4.60. The Kier molecular flexibility index (Phi) is 5.73. The molecule has 1 saturated heterocycles. The number of rotatable bonds is 6. The van der Waals surface area contributed by atoms with E-state index in [2.05, 4.69) is 21.4 Å². The van der Waals surface area contributed by atoms with Crippen LogP contribution in [0.4, 0.5) is 5.69 Å². The lowest BCUT2D eigenvalue weighted by atomic mass is 10.1. The Balaban J connectivity index is 1.71. The van der Waals surface area contributed by atoms with Crippen LogP contribution in [0.5, 0.6) is 0 Å². The number of nitrogens with zero attached hydrogens (tertiary/aromatic N) is 3. The van der Waals surface area contributed by atoms with Crippen LogP contribution in [0.25, 0.3) is 0 Å². The van der Waals surface area contributed by atoms with Crippen molar-refractivity contribution in [2.75, 3.05) is 25.6 Å². The highest BCUT2D eigenvalue weighted by atomic mass is 35.5. The molecule has 6 nitrogen and oxygen atoms in total. The molecule has 0 unspecified atom stereocenters. The number of halogens is 1. The number of carbonyl (C=O) groups is 1. The molecule has 0 spiro atoms. The fraction of sp³-hybridized carbons (Fsp3) is 0.444. The highest BCUT2D eigenvalue weighted by Gasteiger charge is 2.33. The first-order valence-electron chi connectivity index (χ1n) is 8.34. The second-order valence-corrected chi connectivity index (χ2v) is 6.88. The molecule has 1 aromatic carbocycles. The van der Waals surface area contributed by atoms with Crippen LogP contribution < -0.4 is 5.32 Å². The van der Waals surface area contributed by atoms with E-state index < -0.39 is 0 Å². The summed E-state index contributed by atoms with van der Waals surface area (Å²) < 4.78 is 7.34. The standard InChI is InChI=1S/C18H23ClN4O2/c1-13(24)21-16-8-20-23(10-16)17-7-18(12-25-2)22(11-17)9-14-4-3-5-15(19)6-14/h3-6,8,10,17-18H,7,9,11-12H2,1-2H3,(H,21,24)/t17-,18-/m0/s1. The normalized spacial score (nSPS) is 20.8. The van der Waals surface area contributed by atoms with Gasteiger partial charge in [-0.1, -0.05) is 23.7 Å². The van der Waals surface area contributed by atoms with Gasteiger partial charge in [0.1, 0.15) is 0 Å². The van der Waals surface area contributed by atoms with Gasteiger partial charge in [-0.25, -0.2) is 0 Å². The summed E-state index contributed by atoms with van der Waals surface area (Å²) >= 11 is 6.10. The van der Waals surface area contributed by atoms with Crippen LogP contribution in [0.15, 0.2) is 36.7 Å². The zero-order chi connectivity index (χ0) is 17.8. The van der Waals surface area contributed by atoms with Crippen LogP contribution in [0.1, 0.15) is 24.9 Å². The quantitative estimate of drug-likeness (QED) is 0.858. The number of benzene rings is 1. The third-order valence-corrected chi connectivity index (χ3v) is 4.67. The molecule has 1 fully saturated rings. The summed E-state index contributed by atoms with van der Waals surface area (Å²) in [4.78, 5) is 13.6. The molecule has 134 valence electrons. The second-order valence-electron chi connectivity index (χ2n) is 6.45. The van der Waals surface area contributed by atoms with E-state index in [1.165, 1.54) is 12.5 Å². The summed E-state index contributed by atoms with van der Waals surface area (Å²) in [6.45, 7) is 3.87. The summed E-state index contributed by atoms with van der Waals surface area (Å²) in [6.07, 6.45) is 4.53. The number of anilines is 1. The predicted octanol–water partition coefficient (Wildman–Crippen LogP) is 2.96. The van der Waals surface area contributed by atoms with Crippen LogP contribution >= 0.6 is 11.6 Å². The van der Waals surface area contributed by atoms with E-state index in [-0.39, 0.29) is 11.9 Å². The maximum Gasteiger partial charge on any atom is 0.221 e. The molecular formula is C18H23ClN4O2. The first kappa shape index (κ1) is 17.9. The Morgan fingerprint density at radius 1 is 1.48 bits per heavy atom. The van der Waals surface area contributed by atoms with Gasteiger partial charge in [-0.15, -0.1) is 0 Å². The van der Waals surface area contributed by atoms with Crippen molar-refractivity contribution >= 4 is 23.2 Å². The van der Waals surface area contributed by atoms with Crippen molar-refractivity contribution in [3.63, 3.8) is 0 Å². The molecule has 1 aromatic heterocycles. The summed E-state index contributed by atoms with van der Waals surface area (Å²) in [6, 6.07) is 8.53. The summed E-state index contributed by atoms with van der Waals surface area (Å²) in [5, 5.41) is 7.94. The summed E-state index contributed by atoms with van der Waals surface area (Å²) in [7, 11) is 1.73. The zero-order valence-corrected chi connectivity index (χ0v) is 15.2. The Labute approximate surface area is 152 Å². The highest BCUT2D eigenvalue weighted by Crippen LogP contribution is 2.29. The Hall–Kier alpha value is -1.89. The molecule has 1 amide bonds. The molecule has 3 rings (SSSR count). The topological polar surface area (TPSA) is 59.4 Å². The Morgan fingerprint density at radius 3 is 3.04 bits per heavy atom. The highest BCUT2D eigenvalue weighted by molar-refractivity contribution is 6.30. The number of hydrogen-bond donors (Lipinski definition) is 1. The van der Waals surface area contributed by atoms with Gasteiger partial charge in [0.2, 0.25) is 5.91 Å². The monoisotopic (exact) mass is 362 g/mol. The molecule has 0 radical (unpaired) electrons. The third-order valence-electron chi connectivity index (χ3n) is 4.44. The summed E-state index contributed by atoms with van der Waals surface area (Å²) in [5.41, 5.74) is 1.91. The number of likely N-dealkylation sites (tertiary alicyclic amines) is 1. The van der Waals surface area contributed by atoms with Gasteiger partial charge in [-0.2, -0.15) is 5.10 Å². The molecule has 1 aliphatic rings. The number of ether oxygens (including phenoxy) is 1. The molecule has 0 saturated carbocycles. The largest absolute Gasteiger partial charge is 0.383 e. The van der Waals surface area contributed by atoms with Crippen molar-refractivity contribution in [2.24, 2.45) is 0 Å².